The van der Waals surface area contributed by atoms with E-state index in [2.05, 4.69) is 10.3 Å². The molecule has 31 heavy (non-hydrogen) atoms. The first-order valence-electron chi connectivity index (χ1n) is 11.2. The number of hydrogen-bond acceptors (Lipinski definition) is 5. The van der Waals surface area contributed by atoms with Crippen LogP contribution in [0.3, 0.4) is 0 Å². The summed E-state index contributed by atoms with van der Waals surface area (Å²) in [5, 5.41) is 3.62. The smallest absolute Gasteiger partial charge is 0.341 e. The van der Waals surface area contributed by atoms with Crippen molar-refractivity contribution in [3.05, 3.63) is 45.1 Å². The van der Waals surface area contributed by atoms with Gasteiger partial charge in [-0.05, 0) is 57.2 Å². The lowest BCUT2D eigenvalue weighted by Crippen LogP contribution is -2.18. The highest BCUT2D eigenvalue weighted by Crippen LogP contribution is 2.37. The summed E-state index contributed by atoms with van der Waals surface area (Å²) in [5.41, 5.74) is 1.85. The van der Waals surface area contributed by atoms with E-state index in [9.17, 15) is 9.59 Å². The molecule has 3 rings (SSSR count). The maximum atomic E-state index is 13.1. The normalized spacial score (nSPS) is 15.5. The van der Waals surface area contributed by atoms with Crippen LogP contribution in [-0.4, -0.2) is 23.0 Å². The Morgan fingerprint density at radius 3 is 2.35 bits per heavy atom. The number of hydrogen-bond donors (Lipinski definition) is 1. The summed E-state index contributed by atoms with van der Waals surface area (Å²) < 4.78 is 5.56. The molecule has 0 fully saturated rings. The summed E-state index contributed by atoms with van der Waals surface area (Å²) >= 11 is 7.61. The Kier molecular flexibility index (Phi) is 8.90. The van der Waals surface area contributed by atoms with E-state index in [1.54, 1.807) is 18.3 Å². The number of esters is 1. The second kappa shape index (κ2) is 11.6. The Morgan fingerprint density at radius 2 is 1.71 bits per heavy atom. The van der Waals surface area contributed by atoms with Crippen LogP contribution >= 0.6 is 22.9 Å². The summed E-state index contributed by atoms with van der Waals surface area (Å²) in [6.07, 6.45) is 12.6. The van der Waals surface area contributed by atoms with Gasteiger partial charge < -0.3 is 10.1 Å². The first-order chi connectivity index (χ1) is 15.0. The molecule has 1 N–H and O–H groups in total. The standard InChI is InChI=1S/C24H31ClN2O3S/c1-16(2)30-24(29)20-17-12-9-7-5-3-4-6-8-10-14-19(17)31-23(20)27-22(28)18-13-11-15-26-21(18)25/h11,13,15-16H,3-10,12,14H2,1-2H3,(H,27,28). The predicted octanol–water partition coefficient (Wildman–Crippen LogP) is 6.83. The molecule has 0 unspecified atom stereocenters. The third-order valence-corrected chi connectivity index (χ3v) is 6.96. The lowest BCUT2D eigenvalue weighted by Gasteiger charge is -2.13. The van der Waals surface area contributed by atoms with Gasteiger partial charge in [-0.2, -0.15) is 0 Å². The van der Waals surface area contributed by atoms with Gasteiger partial charge in [0.25, 0.3) is 5.91 Å². The van der Waals surface area contributed by atoms with Gasteiger partial charge in [0.2, 0.25) is 0 Å². The summed E-state index contributed by atoms with van der Waals surface area (Å²) in [6, 6.07) is 3.29. The number of halogens is 1. The van der Waals surface area contributed by atoms with Crippen LogP contribution in [0.1, 0.15) is 96.4 Å². The number of amides is 1. The molecule has 0 radical (unpaired) electrons. The molecule has 1 amide bonds. The summed E-state index contributed by atoms with van der Waals surface area (Å²) in [7, 11) is 0. The average molecular weight is 463 g/mol. The quantitative estimate of drug-likeness (QED) is 0.399. The number of rotatable bonds is 4. The first-order valence-corrected chi connectivity index (χ1v) is 12.4. The summed E-state index contributed by atoms with van der Waals surface area (Å²) in [4.78, 5) is 31.1. The maximum absolute atomic E-state index is 13.1. The third-order valence-electron chi connectivity index (χ3n) is 5.45. The zero-order chi connectivity index (χ0) is 22.2. The molecule has 0 aromatic carbocycles. The molecular formula is C24H31ClN2O3S. The number of aromatic nitrogens is 1. The van der Waals surface area contributed by atoms with E-state index in [0.717, 1.165) is 37.7 Å². The number of pyridine rings is 1. The first kappa shape index (κ1) is 23.7. The monoisotopic (exact) mass is 462 g/mol. The molecule has 2 heterocycles. The van der Waals surface area contributed by atoms with Crippen LogP contribution in [0.5, 0.6) is 0 Å². The SMILES string of the molecule is CC(C)OC(=O)c1c(NC(=O)c2cccnc2Cl)sc2c1CCCCCCCCCC2. The van der Waals surface area contributed by atoms with Crippen molar-refractivity contribution < 1.29 is 14.3 Å². The fourth-order valence-corrected chi connectivity index (χ4v) is 5.41. The van der Waals surface area contributed by atoms with E-state index in [1.807, 2.05) is 13.8 Å². The molecule has 7 heteroatoms. The van der Waals surface area contributed by atoms with E-state index in [-0.39, 0.29) is 28.7 Å². The van der Waals surface area contributed by atoms with Gasteiger partial charge in [-0.1, -0.05) is 50.1 Å². The number of carbonyl (C=O) groups is 2. The van der Waals surface area contributed by atoms with E-state index < -0.39 is 0 Å². The number of fused-ring (bicyclic) bond motifs is 1. The van der Waals surface area contributed by atoms with Crippen molar-refractivity contribution in [1.82, 2.24) is 4.98 Å². The number of aryl methyl sites for hydroxylation is 1. The Morgan fingerprint density at radius 1 is 1.06 bits per heavy atom. The van der Waals surface area contributed by atoms with Crippen molar-refractivity contribution in [1.29, 1.82) is 0 Å². The lowest BCUT2D eigenvalue weighted by atomic mass is 9.97. The van der Waals surface area contributed by atoms with Gasteiger partial charge >= 0.3 is 5.97 Å². The van der Waals surface area contributed by atoms with Gasteiger partial charge in [-0.25, -0.2) is 9.78 Å². The number of thiophene rings is 1. The van der Waals surface area contributed by atoms with Crippen LogP contribution in [0.4, 0.5) is 5.00 Å². The third kappa shape index (κ3) is 6.53. The van der Waals surface area contributed by atoms with Crippen molar-refractivity contribution >= 4 is 39.8 Å². The van der Waals surface area contributed by atoms with E-state index in [1.165, 1.54) is 48.3 Å². The zero-order valence-electron chi connectivity index (χ0n) is 18.3. The Bertz CT molecular complexity index is 910. The van der Waals surface area contributed by atoms with Crippen molar-refractivity contribution in [2.24, 2.45) is 0 Å². The van der Waals surface area contributed by atoms with Gasteiger partial charge in [0.15, 0.2) is 0 Å². The van der Waals surface area contributed by atoms with Gasteiger partial charge in [0.05, 0.1) is 17.2 Å². The van der Waals surface area contributed by atoms with E-state index >= 15 is 0 Å². The van der Waals surface area contributed by atoms with Crippen LogP contribution in [-0.2, 0) is 17.6 Å². The highest BCUT2D eigenvalue weighted by molar-refractivity contribution is 7.17. The highest BCUT2D eigenvalue weighted by Gasteiger charge is 2.27. The van der Waals surface area contributed by atoms with Gasteiger partial charge in [0, 0.05) is 11.1 Å². The molecule has 0 bridgehead atoms. The van der Waals surface area contributed by atoms with Crippen LogP contribution in [0, 0.1) is 0 Å². The molecule has 5 nitrogen and oxygen atoms in total. The van der Waals surface area contributed by atoms with Gasteiger partial charge in [0.1, 0.15) is 10.2 Å². The van der Waals surface area contributed by atoms with Crippen molar-refractivity contribution in [2.75, 3.05) is 5.32 Å². The molecule has 168 valence electrons. The molecule has 0 saturated heterocycles. The maximum Gasteiger partial charge on any atom is 0.341 e. The molecule has 0 saturated carbocycles. The lowest BCUT2D eigenvalue weighted by molar-refractivity contribution is 0.0378. The minimum atomic E-state index is -0.368. The van der Waals surface area contributed by atoms with Crippen molar-refractivity contribution in [3.8, 4) is 0 Å². The van der Waals surface area contributed by atoms with Crippen LogP contribution in [0.25, 0.3) is 0 Å². The van der Waals surface area contributed by atoms with Crippen molar-refractivity contribution in [2.45, 2.75) is 84.2 Å². The Balaban J connectivity index is 1.96. The van der Waals surface area contributed by atoms with Crippen LogP contribution in [0.2, 0.25) is 5.15 Å². The largest absolute Gasteiger partial charge is 0.459 e. The fourth-order valence-electron chi connectivity index (χ4n) is 3.93. The summed E-state index contributed by atoms with van der Waals surface area (Å²) in [6.45, 7) is 3.68. The minimum Gasteiger partial charge on any atom is -0.459 e. The van der Waals surface area contributed by atoms with Gasteiger partial charge in [-0.15, -0.1) is 11.3 Å². The second-order valence-electron chi connectivity index (χ2n) is 8.29. The average Bonchev–Trinajstić information content (AvgIpc) is 3.04. The van der Waals surface area contributed by atoms with E-state index in [4.69, 9.17) is 16.3 Å². The van der Waals surface area contributed by atoms with E-state index in [0.29, 0.717) is 10.6 Å². The predicted molar refractivity (Wildman–Crippen MR) is 126 cm³/mol. The van der Waals surface area contributed by atoms with Crippen LogP contribution < -0.4 is 5.32 Å². The van der Waals surface area contributed by atoms with Crippen LogP contribution in [0.15, 0.2) is 18.3 Å². The summed E-state index contributed by atoms with van der Waals surface area (Å²) in [5.74, 6) is -0.735. The Labute approximate surface area is 193 Å². The number of carbonyl (C=O) groups excluding carboxylic acids is 2. The molecule has 0 spiro atoms. The minimum absolute atomic E-state index is 0.140. The Hall–Kier alpha value is -1.92. The number of ether oxygens (including phenoxy) is 1. The van der Waals surface area contributed by atoms with Gasteiger partial charge in [-0.3, -0.25) is 4.79 Å². The molecule has 0 aliphatic heterocycles. The number of nitrogens with one attached hydrogen (secondary N) is 1. The molecule has 2 aromatic rings. The molecular weight excluding hydrogens is 432 g/mol. The number of nitrogens with zero attached hydrogens (tertiary/aromatic N) is 1. The second-order valence-corrected chi connectivity index (χ2v) is 9.75. The molecule has 0 atom stereocenters. The molecule has 1 aliphatic rings. The topological polar surface area (TPSA) is 68.3 Å². The zero-order valence-corrected chi connectivity index (χ0v) is 19.9. The molecule has 1 aliphatic carbocycles. The fraction of sp³-hybridized carbons (Fsp3) is 0.542. The number of anilines is 1. The highest BCUT2D eigenvalue weighted by atomic mass is 35.5. The molecule has 2 aromatic heterocycles. The van der Waals surface area contributed by atoms with Crippen molar-refractivity contribution in [3.63, 3.8) is 0 Å².